The summed E-state index contributed by atoms with van der Waals surface area (Å²) in [5.74, 6) is -1.11. The van der Waals surface area contributed by atoms with Gasteiger partial charge in [0, 0.05) is 6.61 Å². The number of carboxylic acids is 1. The molecule has 0 saturated heterocycles. The fourth-order valence-corrected chi connectivity index (χ4v) is 3.70. The first-order chi connectivity index (χ1) is 14.1. The van der Waals surface area contributed by atoms with Crippen molar-refractivity contribution in [1.82, 2.24) is 0 Å². The summed E-state index contributed by atoms with van der Waals surface area (Å²) in [6.45, 7) is 5.26. The Morgan fingerprint density at radius 2 is 1.60 bits per heavy atom. The average molecular weight is 455 g/mol. The van der Waals surface area contributed by atoms with Crippen LogP contribution in [0.25, 0.3) is 0 Å². The van der Waals surface area contributed by atoms with Gasteiger partial charge < -0.3 is 28.9 Å². The number of nitrogens with zero attached hydrogens (tertiary/aromatic N) is 1. The van der Waals surface area contributed by atoms with E-state index in [-0.39, 0.29) is 17.2 Å². The normalized spacial score (nSPS) is 16.2. The highest BCUT2D eigenvalue weighted by molar-refractivity contribution is 7.40. The van der Waals surface area contributed by atoms with Crippen LogP contribution in [0.3, 0.4) is 0 Å². The van der Waals surface area contributed by atoms with Gasteiger partial charge in [0.2, 0.25) is 6.23 Å². The zero-order valence-electron chi connectivity index (χ0n) is 19.6. The molecule has 8 nitrogen and oxygen atoms in total. The Morgan fingerprint density at radius 1 is 1.00 bits per heavy atom. The van der Waals surface area contributed by atoms with Gasteiger partial charge in [0.25, 0.3) is 0 Å². The van der Waals surface area contributed by atoms with Crippen LogP contribution in [-0.4, -0.2) is 78.4 Å². The van der Waals surface area contributed by atoms with Gasteiger partial charge in [0.05, 0.1) is 40.3 Å². The maximum atomic E-state index is 11.0. The molecule has 0 heterocycles. The molecular formula is C21H45NO7P+. The number of carbonyl (C=O) groups is 1. The molecule has 0 aromatic heterocycles. The van der Waals surface area contributed by atoms with Crippen molar-refractivity contribution in [3.05, 3.63) is 0 Å². The van der Waals surface area contributed by atoms with Crippen LogP contribution in [0.1, 0.15) is 78.1 Å². The first-order valence-electron chi connectivity index (χ1n) is 11.2. The van der Waals surface area contributed by atoms with E-state index in [0.717, 1.165) is 12.8 Å². The van der Waals surface area contributed by atoms with E-state index >= 15 is 0 Å². The van der Waals surface area contributed by atoms with Gasteiger partial charge >= 0.3 is 14.6 Å². The number of likely N-dealkylation sites (N-methyl/N-ethyl adjacent to an activating group) is 1. The molecule has 30 heavy (non-hydrogen) atoms. The molecule has 0 aliphatic heterocycles. The molecular weight excluding hydrogens is 409 g/mol. The molecule has 0 rings (SSSR count). The third kappa shape index (κ3) is 16.4. The summed E-state index contributed by atoms with van der Waals surface area (Å²) in [5, 5.41) is 19.3. The highest BCUT2D eigenvalue weighted by Crippen LogP contribution is 2.37. The van der Waals surface area contributed by atoms with E-state index in [1.807, 2.05) is 0 Å². The number of ether oxygens (including phenoxy) is 1. The van der Waals surface area contributed by atoms with E-state index in [0.29, 0.717) is 13.0 Å². The fourth-order valence-electron chi connectivity index (χ4n) is 2.94. The monoisotopic (exact) mass is 454 g/mol. The number of quaternary nitrogens is 1. The minimum absolute atomic E-state index is 0.0926. The zero-order valence-corrected chi connectivity index (χ0v) is 20.5. The van der Waals surface area contributed by atoms with Crippen LogP contribution in [0.5, 0.6) is 0 Å². The van der Waals surface area contributed by atoms with Crippen molar-refractivity contribution in [2.24, 2.45) is 0 Å². The van der Waals surface area contributed by atoms with E-state index in [2.05, 4.69) is 13.8 Å². The van der Waals surface area contributed by atoms with Gasteiger partial charge in [0.15, 0.2) is 6.10 Å². The molecule has 0 amide bonds. The van der Waals surface area contributed by atoms with Crippen LogP contribution in [0.4, 0.5) is 0 Å². The first-order valence-corrected chi connectivity index (χ1v) is 12.3. The maximum absolute atomic E-state index is 11.0. The second-order valence-corrected chi connectivity index (χ2v) is 9.73. The van der Waals surface area contributed by atoms with Crippen LogP contribution in [0.15, 0.2) is 0 Å². The lowest BCUT2D eigenvalue weighted by Crippen LogP contribution is -2.52. The number of aliphatic hydroxyl groups is 1. The predicted molar refractivity (Wildman–Crippen MR) is 119 cm³/mol. The average Bonchev–Trinajstić information content (AvgIpc) is 2.65. The summed E-state index contributed by atoms with van der Waals surface area (Å²) in [5.41, 5.74) is 0. The topological polar surface area (TPSA) is 105 Å². The summed E-state index contributed by atoms with van der Waals surface area (Å²) >= 11 is 0. The summed E-state index contributed by atoms with van der Waals surface area (Å²) in [4.78, 5) is 21.0. The standard InChI is InChI=1S/C21H44NO7P/c1-6-7-8-9-10-11-14-18(2)27-15-12-13-16-28-30(26)29-19(17-20(23)24)21(25)22(3,4)5/h18-19,21,25-26H,6-17H2,1-5H3/p+1. The van der Waals surface area contributed by atoms with Crippen molar-refractivity contribution in [2.45, 2.75) is 96.5 Å². The van der Waals surface area contributed by atoms with E-state index in [1.165, 1.54) is 38.5 Å². The number of carboxylic acid groups (broad SMARTS) is 1. The molecule has 0 radical (unpaired) electrons. The fraction of sp³-hybridized carbons (Fsp3) is 0.952. The molecule has 0 aliphatic carbocycles. The third-order valence-electron chi connectivity index (χ3n) is 4.83. The summed E-state index contributed by atoms with van der Waals surface area (Å²) in [6.07, 6.45) is 8.00. The second kappa shape index (κ2) is 17.2. The first kappa shape index (κ1) is 29.7. The Bertz CT molecular complexity index is 434. The number of rotatable bonds is 20. The number of unbranched alkanes of at least 4 members (excludes halogenated alkanes) is 6. The number of aliphatic hydroxyl groups excluding tert-OH is 1. The molecule has 3 N–H and O–H groups in total. The largest absolute Gasteiger partial charge is 0.481 e. The quantitative estimate of drug-likeness (QED) is 0.110. The highest BCUT2D eigenvalue weighted by Gasteiger charge is 2.35. The third-order valence-corrected chi connectivity index (χ3v) is 5.69. The molecule has 9 heteroatoms. The molecule has 4 atom stereocenters. The summed E-state index contributed by atoms with van der Waals surface area (Å²) in [6, 6.07) is 0. The van der Waals surface area contributed by atoms with Crippen molar-refractivity contribution in [3.8, 4) is 0 Å². The Morgan fingerprint density at radius 3 is 2.20 bits per heavy atom. The molecule has 4 unspecified atom stereocenters. The number of aliphatic carboxylic acids is 1. The van der Waals surface area contributed by atoms with E-state index in [1.54, 1.807) is 21.1 Å². The van der Waals surface area contributed by atoms with Gasteiger partial charge in [-0.2, -0.15) is 0 Å². The van der Waals surface area contributed by atoms with Crippen molar-refractivity contribution in [3.63, 3.8) is 0 Å². The Labute approximate surface area is 184 Å². The smallest absolute Gasteiger partial charge is 0.330 e. The number of hydrogen-bond donors (Lipinski definition) is 3. The second-order valence-electron chi connectivity index (χ2n) is 8.79. The van der Waals surface area contributed by atoms with Crippen LogP contribution in [0, 0.1) is 0 Å². The van der Waals surface area contributed by atoms with Gasteiger partial charge in [0.1, 0.15) is 0 Å². The molecule has 0 spiro atoms. The van der Waals surface area contributed by atoms with Crippen molar-refractivity contribution < 1.29 is 38.2 Å². The highest BCUT2D eigenvalue weighted by atomic mass is 31.2. The maximum Gasteiger partial charge on any atom is 0.330 e. The van der Waals surface area contributed by atoms with Crippen LogP contribution in [0.2, 0.25) is 0 Å². The molecule has 0 saturated carbocycles. The molecule has 0 aromatic carbocycles. The Hall–Kier alpha value is -0.340. The molecule has 0 aliphatic rings. The Kier molecular flexibility index (Phi) is 17.0. The SMILES string of the molecule is CCCCCCCCC(C)OCCCCOP(O)OC(CC(=O)O)C(O)[N+](C)(C)C. The van der Waals surface area contributed by atoms with Crippen LogP contribution >= 0.6 is 8.60 Å². The minimum atomic E-state index is -2.25. The molecule has 180 valence electrons. The van der Waals surface area contributed by atoms with Crippen molar-refractivity contribution >= 4 is 14.6 Å². The lowest BCUT2D eigenvalue weighted by molar-refractivity contribution is -0.922. The Balaban J connectivity index is 3.89. The van der Waals surface area contributed by atoms with Gasteiger partial charge in [-0.3, -0.25) is 9.32 Å². The van der Waals surface area contributed by atoms with Crippen LogP contribution in [-0.2, 0) is 18.6 Å². The number of hydrogen-bond acceptors (Lipinski definition) is 6. The molecule has 0 aromatic rings. The zero-order chi connectivity index (χ0) is 23.0. The van der Waals surface area contributed by atoms with Gasteiger partial charge in [-0.05, 0) is 26.2 Å². The van der Waals surface area contributed by atoms with Gasteiger partial charge in [-0.1, -0.05) is 45.4 Å². The van der Waals surface area contributed by atoms with Gasteiger partial charge in [-0.15, -0.1) is 0 Å². The summed E-state index contributed by atoms with van der Waals surface area (Å²) < 4.78 is 16.5. The predicted octanol–water partition coefficient (Wildman–Crippen LogP) is 4.04. The van der Waals surface area contributed by atoms with Crippen LogP contribution < -0.4 is 0 Å². The molecule has 0 bridgehead atoms. The lowest BCUT2D eigenvalue weighted by atomic mass is 10.1. The van der Waals surface area contributed by atoms with Crippen molar-refractivity contribution in [2.75, 3.05) is 34.4 Å². The summed E-state index contributed by atoms with van der Waals surface area (Å²) in [7, 11) is 2.90. The van der Waals surface area contributed by atoms with E-state index < -0.39 is 33.3 Å². The minimum Gasteiger partial charge on any atom is -0.481 e. The van der Waals surface area contributed by atoms with E-state index in [9.17, 15) is 14.8 Å². The van der Waals surface area contributed by atoms with Crippen molar-refractivity contribution in [1.29, 1.82) is 0 Å². The van der Waals surface area contributed by atoms with E-state index in [4.69, 9.17) is 18.9 Å². The lowest BCUT2D eigenvalue weighted by Gasteiger charge is -2.34. The molecule has 0 fully saturated rings. The van der Waals surface area contributed by atoms with Gasteiger partial charge in [-0.25, -0.2) is 0 Å².